The minimum atomic E-state index is -0.244. The summed E-state index contributed by atoms with van der Waals surface area (Å²) in [5.41, 5.74) is 2.23. The van der Waals surface area contributed by atoms with Gasteiger partial charge in [0.25, 0.3) is 0 Å². The molecule has 1 N–H and O–H groups in total. The summed E-state index contributed by atoms with van der Waals surface area (Å²) in [6.45, 7) is 6.55. The molecule has 0 aliphatic carbocycles. The van der Waals surface area contributed by atoms with E-state index in [2.05, 4.69) is 29.1 Å². The van der Waals surface area contributed by atoms with E-state index in [0.717, 1.165) is 26.6 Å². The van der Waals surface area contributed by atoms with Crippen LogP contribution in [0.3, 0.4) is 0 Å². The van der Waals surface area contributed by atoms with Gasteiger partial charge in [-0.15, -0.1) is 11.3 Å². The van der Waals surface area contributed by atoms with Crippen molar-refractivity contribution in [3.05, 3.63) is 46.6 Å². The molecule has 1 aromatic carbocycles. The summed E-state index contributed by atoms with van der Waals surface area (Å²) in [6.07, 6.45) is 1.57. The molecule has 0 saturated carbocycles. The Kier molecular flexibility index (Phi) is 5.78. The van der Waals surface area contributed by atoms with Crippen molar-refractivity contribution in [3.63, 3.8) is 0 Å². The van der Waals surface area contributed by atoms with Gasteiger partial charge in [0.15, 0.2) is 0 Å². The number of amides is 1. The number of aromatic nitrogens is 2. The molecule has 26 heavy (non-hydrogen) atoms. The molecule has 0 bridgehead atoms. The predicted molar refractivity (Wildman–Crippen MR) is 107 cm³/mol. The zero-order chi connectivity index (χ0) is 18.7. The van der Waals surface area contributed by atoms with E-state index in [1.807, 2.05) is 31.2 Å². The van der Waals surface area contributed by atoms with Crippen LogP contribution in [0.15, 0.2) is 35.6 Å². The number of ether oxygens (including phenoxy) is 1. The Hall–Kier alpha value is -2.12. The molecular formula is C19H21N3O2S2. The van der Waals surface area contributed by atoms with Crippen LogP contribution in [0.4, 0.5) is 0 Å². The number of carbonyl (C=O) groups is 1. The SMILES string of the molecule is COc1ccc(CNC(=O)[C@@H](C)Sc2ncnc3sc(C)c(C)c23)cc1. The lowest BCUT2D eigenvalue weighted by molar-refractivity contribution is -0.120. The van der Waals surface area contributed by atoms with Gasteiger partial charge in [-0.2, -0.15) is 0 Å². The number of aryl methyl sites for hydroxylation is 2. The van der Waals surface area contributed by atoms with Crippen molar-refractivity contribution in [1.29, 1.82) is 0 Å². The van der Waals surface area contributed by atoms with E-state index in [0.29, 0.717) is 6.54 Å². The first-order chi connectivity index (χ1) is 12.5. The first-order valence-electron chi connectivity index (χ1n) is 8.27. The number of carbonyl (C=O) groups excluding carboxylic acids is 1. The summed E-state index contributed by atoms with van der Waals surface area (Å²) in [6, 6.07) is 7.67. The first kappa shape index (κ1) is 18.7. The van der Waals surface area contributed by atoms with Crippen molar-refractivity contribution in [1.82, 2.24) is 15.3 Å². The fraction of sp³-hybridized carbons (Fsp3) is 0.316. The summed E-state index contributed by atoms with van der Waals surface area (Å²) in [5.74, 6) is 0.792. The zero-order valence-electron chi connectivity index (χ0n) is 15.2. The van der Waals surface area contributed by atoms with Gasteiger partial charge in [0.2, 0.25) is 5.91 Å². The highest BCUT2D eigenvalue weighted by Crippen LogP contribution is 2.35. The minimum absolute atomic E-state index is 0.0119. The highest BCUT2D eigenvalue weighted by molar-refractivity contribution is 8.00. The van der Waals surface area contributed by atoms with Crippen LogP contribution in [0.5, 0.6) is 5.75 Å². The summed E-state index contributed by atoms with van der Waals surface area (Å²) in [7, 11) is 1.64. The number of hydrogen-bond donors (Lipinski definition) is 1. The van der Waals surface area contributed by atoms with Crippen LogP contribution in [0.1, 0.15) is 22.9 Å². The van der Waals surface area contributed by atoms with Crippen molar-refractivity contribution < 1.29 is 9.53 Å². The average molecular weight is 388 g/mol. The van der Waals surface area contributed by atoms with Gasteiger partial charge in [0.05, 0.1) is 12.4 Å². The van der Waals surface area contributed by atoms with Gasteiger partial charge in [0.1, 0.15) is 21.9 Å². The van der Waals surface area contributed by atoms with Crippen molar-refractivity contribution in [2.45, 2.75) is 37.6 Å². The maximum Gasteiger partial charge on any atom is 0.233 e. The normalized spacial score (nSPS) is 12.2. The quantitative estimate of drug-likeness (QED) is 0.509. The smallest absolute Gasteiger partial charge is 0.233 e. The summed E-state index contributed by atoms with van der Waals surface area (Å²) in [5, 5.41) is 4.67. The van der Waals surface area contributed by atoms with E-state index in [1.165, 1.54) is 22.2 Å². The largest absolute Gasteiger partial charge is 0.497 e. The van der Waals surface area contributed by atoms with Crippen molar-refractivity contribution >= 4 is 39.2 Å². The van der Waals surface area contributed by atoms with Gasteiger partial charge < -0.3 is 10.1 Å². The van der Waals surface area contributed by atoms with E-state index < -0.39 is 0 Å². The molecule has 1 atom stereocenters. The number of hydrogen-bond acceptors (Lipinski definition) is 6. The fourth-order valence-corrected chi connectivity index (χ4v) is 4.60. The van der Waals surface area contributed by atoms with E-state index in [9.17, 15) is 4.79 Å². The molecule has 2 heterocycles. The van der Waals surface area contributed by atoms with Crippen LogP contribution in [0, 0.1) is 13.8 Å². The number of fused-ring (bicyclic) bond motifs is 1. The molecule has 0 fully saturated rings. The van der Waals surface area contributed by atoms with Gasteiger partial charge in [-0.1, -0.05) is 23.9 Å². The predicted octanol–water partition coefficient (Wildman–Crippen LogP) is 4.11. The minimum Gasteiger partial charge on any atom is -0.497 e. The average Bonchev–Trinajstić information content (AvgIpc) is 2.95. The van der Waals surface area contributed by atoms with Crippen LogP contribution in [0.25, 0.3) is 10.2 Å². The van der Waals surface area contributed by atoms with E-state index in [4.69, 9.17) is 4.74 Å². The number of nitrogens with one attached hydrogen (secondary N) is 1. The fourth-order valence-electron chi connectivity index (χ4n) is 2.54. The van der Waals surface area contributed by atoms with Crippen LogP contribution in [-0.2, 0) is 11.3 Å². The summed E-state index contributed by atoms with van der Waals surface area (Å²) in [4.78, 5) is 23.4. The molecule has 3 aromatic rings. The number of rotatable bonds is 6. The highest BCUT2D eigenvalue weighted by atomic mass is 32.2. The Labute approximate surface area is 161 Å². The van der Waals surface area contributed by atoms with E-state index >= 15 is 0 Å². The highest BCUT2D eigenvalue weighted by Gasteiger charge is 2.19. The molecule has 0 unspecified atom stereocenters. The van der Waals surface area contributed by atoms with Gasteiger partial charge >= 0.3 is 0 Å². The number of methoxy groups -OCH3 is 1. The van der Waals surface area contributed by atoms with Crippen molar-refractivity contribution in [3.8, 4) is 5.75 Å². The zero-order valence-corrected chi connectivity index (χ0v) is 16.8. The molecule has 0 radical (unpaired) electrons. The Morgan fingerprint density at radius 1 is 1.27 bits per heavy atom. The molecule has 0 spiro atoms. The van der Waals surface area contributed by atoms with Gasteiger partial charge in [0, 0.05) is 16.8 Å². The second-order valence-corrected chi connectivity index (χ2v) is 8.50. The first-order valence-corrected chi connectivity index (χ1v) is 9.97. The Balaban J connectivity index is 1.66. The molecule has 0 aliphatic heterocycles. The third-order valence-corrected chi connectivity index (χ3v) is 6.43. The Morgan fingerprint density at radius 3 is 2.69 bits per heavy atom. The summed E-state index contributed by atoms with van der Waals surface area (Å²) >= 11 is 3.14. The number of thiophene rings is 1. The Bertz CT molecular complexity index is 922. The van der Waals surface area contributed by atoms with Crippen LogP contribution >= 0.6 is 23.1 Å². The molecule has 136 valence electrons. The maximum atomic E-state index is 12.5. The second kappa shape index (κ2) is 8.05. The Morgan fingerprint density at radius 2 is 2.00 bits per heavy atom. The lowest BCUT2D eigenvalue weighted by Gasteiger charge is -2.12. The van der Waals surface area contributed by atoms with Gasteiger partial charge in [-0.05, 0) is 44.0 Å². The standard InChI is InChI=1S/C19H21N3O2S2/c1-11-12(2)25-18-16(11)19(22-10-21-18)26-13(3)17(23)20-9-14-5-7-15(24-4)8-6-14/h5-8,10,13H,9H2,1-4H3,(H,20,23)/t13-/m1/s1. The number of nitrogens with zero attached hydrogens (tertiary/aromatic N) is 2. The van der Waals surface area contributed by atoms with Crippen LogP contribution < -0.4 is 10.1 Å². The monoisotopic (exact) mass is 387 g/mol. The maximum absolute atomic E-state index is 12.5. The molecule has 3 rings (SSSR count). The number of thioether (sulfide) groups is 1. The lowest BCUT2D eigenvalue weighted by atomic mass is 10.2. The molecule has 5 nitrogen and oxygen atoms in total. The van der Waals surface area contributed by atoms with E-state index in [1.54, 1.807) is 24.8 Å². The van der Waals surface area contributed by atoms with Crippen molar-refractivity contribution in [2.24, 2.45) is 0 Å². The molecule has 7 heteroatoms. The molecule has 2 aromatic heterocycles. The molecular weight excluding hydrogens is 366 g/mol. The summed E-state index contributed by atoms with van der Waals surface area (Å²) < 4.78 is 5.14. The third-order valence-electron chi connectivity index (χ3n) is 4.21. The second-order valence-electron chi connectivity index (χ2n) is 5.97. The lowest BCUT2D eigenvalue weighted by Crippen LogP contribution is -2.30. The van der Waals surface area contributed by atoms with E-state index in [-0.39, 0.29) is 11.2 Å². The van der Waals surface area contributed by atoms with Crippen LogP contribution in [0.2, 0.25) is 0 Å². The molecule has 1 amide bonds. The van der Waals surface area contributed by atoms with Gasteiger partial charge in [-0.25, -0.2) is 9.97 Å². The number of benzene rings is 1. The van der Waals surface area contributed by atoms with Gasteiger partial charge in [-0.3, -0.25) is 4.79 Å². The molecule has 0 aliphatic rings. The van der Waals surface area contributed by atoms with Crippen LogP contribution in [-0.4, -0.2) is 28.2 Å². The third kappa shape index (κ3) is 3.99. The van der Waals surface area contributed by atoms with Crippen molar-refractivity contribution in [2.75, 3.05) is 7.11 Å². The molecule has 0 saturated heterocycles. The topological polar surface area (TPSA) is 64.1 Å².